The highest BCUT2D eigenvalue weighted by Gasteiger charge is 2.45. The van der Waals surface area contributed by atoms with E-state index in [1.165, 1.54) is 85.0 Å². The molecule has 0 radical (unpaired) electrons. The first-order valence-electron chi connectivity index (χ1n) is 32.8. The molecule has 9 heterocycles. The molecule has 6 aromatic rings. The number of fused-ring (bicyclic) bond motifs is 6. The van der Waals surface area contributed by atoms with Crippen molar-refractivity contribution in [3.63, 3.8) is 0 Å². The summed E-state index contributed by atoms with van der Waals surface area (Å²) in [4.78, 5) is 52.3. The van der Waals surface area contributed by atoms with Gasteiger partial charge in [0.15, 0.2) is 21.7 Å². The first-order valence-corrected chi connectivity index (χ1v) is 36.1. The van der Waals surface area contributed by atoms with Gasteiger partial charge in [0, 0.05) is 74.2 Å². The van der Waals surface area contributed by atoms with Crippen molar-refractivity contribution in [2.75, 3.05) is 31.2 Å². The molecule has 27 heteroatoms. The molecule has 3 amide bonds. The van der Waals surface area contributed by atoms with Crippen LogP contribution in [0.3, 0.4) is 0 Å². The Kier molecular flexibility index (Phi) is 18.4. The minimum absolute atomic E-state index is 0.104. The lowest BCUT2D eigenvalue weighted by Crippen LogP contribution is -2.45. The van der Waals surface area contributed by atoms with Gasteiger partial charge >= 0.3 is 6.09 Å². The molecular formula is C65H87ClN14O10S2. The largest absolute Gasteiger partial charge is 0.477 e. The molecule has 13 rings (SSSR count). The standard InChI is InChI=1S/C35H48ClN7O6S.C30H39N7O4S/c1-34(2,3)49-33(45)42-22-23(21-35(42,4)5)7-6-17-41-18-15-30(39-41)50(46,47)40-32(44)27-12-13-28(37-31(27)36)43-19-14-29(38-43)48-20-16-26(24-8-9-24)25-10-11-25;1-30(2)18-20-4-3-14-35-15-12-27(33-35)42(39,40)34-29(38)24-9-10-25(31-28(24)36(30)19-20)37-16-11-26(32-37)41-17-13-23(21-5-6-21)22-7-8-22/h12-15,18-19,23-26H,6-11,16-17,20-22H2,1-5H3,(H,40,44);9-12,15-16,20-23H,3-8,13-14,17-19H2,1-2H3,(H,34,38). The lowest BCUT2D eigenvalue weighted by Gasteiger charge is -2.34. The lowest BCUT2D eigenvalue weighted by molar-refractivity contribution is 0.0130. The number of anilines is 1. The van der Waals surface area contributed by atoms with Crippen LogP contribution < -0.4 is 23.8 Å². The summed E-state index contributed by atoms with van der Waals surface area (Å²) in [6, 6.07) is 12.6. The second-order valence-electron chi connectivity index (χ2n) is 28.7. The van der Waals surface area contributed by atoms with Crippen molar-refractivity contribution in [1.82, 2.24) is 63.4 Å². The van der Waals surface area contributed by atoms with E-state index in [1.807, 2.05) is 51.6 Å². The van der Waals surface area contributed by atoms with Crippen LogP contribution in [-0.2, 0) is 37.9 Å². The molecule has 4 saturated carbocycles. The number of rotatable bonds is 21. The summed E-state index contributed by atoms with van der Waals surface area (Å²) in [6.45, 7) is 17.6. The molecule has 4 aliphatic carbocycles. The maximum atomic E-state index is 13.5. The number of aromatic nitrogens is 10. The second kappa shape index (κ2) is 26.0. The molecule has 0 aromatic carbocycles. The van der Waals surface area contributed by atoms with E-state index in [1.54, 1.807) is 51.1 Å². The third-order valence-corrected chi connectivity index (χ3v) is 21.9. The van der Waals surface area contributed by atoms with Gasteiger partial charge in [-0.3, -0.25) is 19.0 Å². The van der Waals surface area contributed by atoms with Crippen molar-refractivity contribution in [3.8, 4) is 23.4 Å². The van der Waals surface area contributed by atoms with E-state index in [-0.39, 0.29) is 49.4 Å². The zero-order valence-corrected chi connectivity index (χ0v) is 56.1. The fourth-order valence-corrected chi connectivity index (χ4v) is 16.1. The molecule has 2 N–H and O–H groups in total. The van der Waals surface area contributed by atoms with Crippen LogP contribution in [-0.4, -0.2) is 132 Å². The lowest BCUT2D eigenvalue weighted by atomic mass is 9.93. The number of halogens is 1. The fourth-order valence-electron chi connectivity index (χ4n) is 14.0. The van der Waals surface area contributed by atoms with Gasteiger partial charge < -0.3 is 24.0 Å². The van der Waals surface area contributed by atoms with Gasteiger partial charge in [-0.25, -0.2) is 33.6 Å². The monoisotopic (exact) mass is 1320 g/mol. The molecule has 2 saturated heterocycles. The number of sulfonamides is 2. The van der Waals surface area contributed by atoms with Gasteiger partial charge in [-0.15, -0.1) is 10.2 Å². The fraction of sp³-hybridized carbons (Fsp3) is 0.615. The highest BCUT2D eigenvalue weighted by molar-refractivity contribution is 7.90. The molecule has 6 fully saturated rings. The summed E-state index contributed by atoms with van der Waals surface area (Å²) in [5.74, 6) is 6.46. The van der Waals surface area contributed by atoms with Crippen LogP contribution in [0.25, 0.3) is 11.6 Å². The molecule has 496 valence electrons. The summed E-state index contributed by atoms with van der Waals surface area (Å²) in [6.07, 6.45) is 24.5. The third kappa shape index (κ3) is 15.8. The van der Waals surface area contributed by atoms with Crippen molar-refractivity contribution in [1.29, 1.82) is 0 Å². The van der Waals surface area contributed by atoms with Gasteiger partial charge in [0.2, 0.25) is 11.8 Å². The first kappa shape index (κ1) is 65.0. The van der Waals surface area contributed by atoms with Gasteiger partial charge in [-0.05, 0) is 235 Å². The summed E-state index contributed by atoms with van der Waals surface area (Å²) in [7, 11) is -8.43. The summed E-state index contributed by atoms with van der Waals surface area (Å²) in [5.41, 5.74) is -1.07. The maximum Gasteiger partial charge on any atom is 0.410 e. The third-order valence-electron chi connectivity index (χ3n) is 19.1. The number of carbonyl (C=O) groups is 3. The number of ether oxygens (including phenoxy) is 3. The topological polar surface area (TPSA) is 275 Å². The first-order chi connectivity index (χ1) is 43.7. The average molecular weight is 1320 g/mol. The van der Waals surface area contributed by atoms with Gasteiger partial charge in [-0.1, -0.05) is 11.6 Å². The van der Waals surface area contributed by atoms with Crippen LogP contribution in [0.5, 0.6) is 11.8 Å². The predicted octanol–water partition coefficient (Wildman–Crippen LogP) is 10.4. The number of likely N-dealkylation sites (tertiary alicyclic amines) is 1. The van der Waals surface area contributed by atoms with Crippen molar-refractivity contribution < 1.29 is 45.4 Å². The van der Waals surface area contributed by atoms with Crippen LogP contribution in [0.15, 0.2) is 83.4 Å². The number of nitrogens with zero attached hydrogens (tertiary/aromatic N) is 12. The zero-order valence-electron chi connectivity index (χ0n) is 53.7. The zero-order chi connectivity index (χ0) is 64.9. The highest BCUT2D eigenvalue weighted by Crippen LogP contribution is 2.52. The summed E-state index contributed by atoms with van der Waals surface area (Å²) in [5, 5.41) is 16.8. The Morgan fingerprint density at radius 3 is 1.95 bits per heavy atom. The number of nitrogens with one attached hydrogen (secondary N) is 2. The molecule has 0 spiro atoms. The highest BCUT2D eigenvalue weighted by atomic mass is 35.5. The van der Waals surface area contributed by atoms with Crippen LogP contribution in [0, 0.1) is 47.3 Å². The number of hydrogen-bond donors (Lipinski definition) is 2. The van der Waals surface area contributed by atoms with E-state index in [0.29, 0.717) is 68.0 Å². The molecule has 92 heavy (non-hydrogen) atoms. The van der Waals surface area contributed by atoms with Crippen LogP contribution in [0.4, 0.5) is 10.6 Å². The Morgan fingerprint density at radius 2 is 1.35 bits per heavy atom. The quantitative estimate of drug-likeness (QED) is 0.0634. The second-order valence-corrected chi connectivity index (χ2v) is 32.3. The van der Waals surface area contributed by atoms with E-state index in [4.69, 9.17) is 30.8 Å². The summed E-state index contributed by atoms with van der Waals surface area (Å²) < 4.78 is 80.3. The Balaban J connectivity index is 0.000000180. The molecule has 2 atom stereocenters. The van der Waals surface area contributed by atoms with Crippen molar-refractivity contribution >= 4 is 55.4 Å². The molecule has 6 aromatic heterocycles. The van der Waals surface area contributed by atoms with Gasteiger partial charge in [-0.2, -0.15) is 27.0 Å². The van der Waals surface area contributed by atoms with Gasteiger partial charge in [0.1, 0.15) is 16.6 Å². The van der Waals surface area contributed by atoms with Crippen molar-refractivity contribution in [3.05, 3.63) is 89.6 Å². The minimum Gasteiger partial charge on any atom is -0.477 e. The Labute approximate surface area is 544 Å². The van der Waals surface area contributed by atoms with E-state index in [9.17, 15) is 31.2 Å². The number of pyridine rings is 2. The molecule has 2 unspecified atom stereocenters. The van der Waals surface area contributed by atoms with Gasteiger partial charge in [0.05, 0.1) is 24.3 Å². The van der Waals surface area contributed by atoms with E-state index in [0.717, 1.165) is 93.4 Å². The molecule has 4 bridgehead atoms. The number of hydrogen-bond acceptors (Lipinski definition) is 17. The Bertz CT molecular complexity index is 3870. The Hall–Kier alpha value is -7.06. The minimum atomic E-state index is -4.28. The average Bonchev–Trinajstić information content (AvgIpc) is 1.76. The van der Waals surface area contributed by atoms with Crippen LogP contribution in [0.1, 0.15) is 172 Å². The van der Waals surface area contributed by atoms with Crippen LogP contribution in [0.2, 0.25) is 5.15 Å². The number of amides is 3. The normalized spacial score (nSPS) is 21.1. The number of aryl methyl sites for hydroxylation is 2. The van der Waals surface area contributed by atoms with Gasteiger partial charge in [0.25, 0.3) is 31.9 Å². The maximum absolute atomic E-state index is 13.5. The van der Waals surface area contributed by atoms with E-state index in [2.05, 4.69) is 48.8 Å². The predicted molar refractivity (Wildman–Crippen MR) is 343 cm³/mol. The summed E-state index contributed by atoms with van der Waals surface area (Å²) >= 11 is 6.34. The molecule has 24 nitrogen and oxygen atoms in total. The van der Waals surface area contributed by atoms with E-state index < -0.39 is 37.5 Å². The number of carbonyl (C=O) groups excluding carboxylic acids is 3. The van der Waals surface area contributed by atoms with Crippen molar-refractivity contribution in [2.45, 2.75) is 191 Å². The Morgan fingerprint density at radius 1 is 0.739 bits per heavy atom. The molecule has 3 aliphatic heterocycles. The van der Waals surface area contributed by atoms with E-state index >= 15 is 0 Å². The smallest absolute Gasteiger partial charge is 0.410 e. The molecule has 7 aliphatic rings. The SMILES string of the molecule is CC(C)(C)OC(=O)N1CC(CCCn2ccc(S(=O)(=O)NC(=O)c3ccc(-n4ccc(OCCC(C5CC5)C5CC5)n4)nc3Cl)n2)CC1(C)C.CC1(C)CC2CCCn3ccc(n3)S(=O)(=O)NC(=O)c3ccc(-n4ccc(OCCC(C5CC5)C5CC5)n4)nc3N1C2. The molecular weight excluding hydrogens is 1240 g/mol. The van der Waals surface area contributed by atoms with Crippen molar-refractivity contribution in [2.24, 2.45) is 47.3 Å². The van der Waals surface area contributed by atoms with Crippen LogP contribution >= 0.6 is 11.6 Å².